The summed E-state index contributed by atoms with van der Waals surface area (Å²) in [7, 11) is 0. The van der Waals surface area contributed by atoms with E-state index < -0.39 is 23.4 Å². The maximum Gasteiger partial charge on any atom is 0.325 e. The summed E-state index contributed by atoms with van der Waals surface area (Å²) < 4.78 is 0. The van der Waals surface area contributed by atoms with Gasteiger partial charge >= 0.3 is 6.03 Å². The van der Waals surface area contributed by atoms with Gasteiger partial charge in [0, 0.05) is 13.1 Å². The van der Waals surface area contributed by atoms with Gasteiger partial charge < -0.3 is 16.0 Å². The Morgan fingerprint density at radius 3 is 2.62 bits per heavy atom. The zero-order chi connectivity index (χ0) is 18.9. The summed E-state index contributed by atoms with van der Waals surface area (Å²) in [5, 5.41) is 2.67. The van der Waals surface area contributed by atoms with Crippen LogP contribution in [0.5, 0.6) is 0 Å². The first kappa shape index (κ1) is 17.9. The lowest BCUT2D eigenvalue weighted by atomic mass is 9.92. The Bertz CT molecular complexity index is 751. The minimum Gasteiger partial charge on any atom is -0.369 e. The average Bonchev–Trinajstić information content (AvgIpc) is 2.86. The maximum absolute atomic E-state index is 12.8. The quantitative estimate of drug-likeness (QED) is 0.747. The molecule has 2 heterocycles. The van der Waals surface area contributed by atoms with E-state index in [4.69, 9.17) is 5.73 Å². The number of carbonyl (C=O) groups is 4. The number of carbonyl (C=O) groups excluding carboxylic acids is 4. The van der Waals surface area contributed by atoms with E-state index in [-0.39, 0.29) is 24.9 Å². The van der Waals surface area contributed by atoms with Crippen LogP contribution in [0.1, 0.15) is 25.3 Å². The number of amides is 5. The number of nitrogens with two attached hydrogens (primary N) is 1. The van der Waals surface area contributed by atoms with Crippen LogP contribution in [0.3, 0.4) is 0 Å². The number of likely N-dealkylation sites (tertiary alicyclic amines) is 1. The van der Waals surface area contributed by atoms with Crippen molar-refractivity contribution in [1.29, 1.82) is 0 Å². The molecular weight excluding hydrogens is 336 g/mol. The van der Waals surface area contributed by atoms with Crippen LogP contribution in [-0.2, 0) is 19.9 Å². The molecule has 0 radical (unpaired) electrons. The van der Waals surface area contributed by atoms with Gasteiger partial charge in [-0.05, 0) is 25.3 Å². The summed E-state index contributed by atoms with van der Waals surface area (Å²) in [5.74, 6) is -1.65. The molecule has 2 saturated heterocycles. The number of primary amides is 1. The molecule has 138 valence electrons. The van der Waals surface area contributed by atoms with Crippen LogP contribution in [0.25, 0.3) is 0 Å². The highest BCUT2D eigenvalue weighted by atomic mass is 16.2. The van der Waals surface area contributed by atoms with Crippen LogP contribution < -0.4 is 11.1 Å². The number of nitrogens with one attached hydrogen (secondary N) is 1. The molecule has 8 heteroatoms. The lowest BCUT2D eigenvalue weighted by Gasteiger charge is -2.32. The maximum atomic E-state index is 12.8. The van der Waals surface area contributed by atoms with Crippen LogP contribution in [0.15, 0.2) is 30.3 Å². The van der Waals surface area contributed by atoms with Gasteiger partial charge in [-0.3, -0.25) is 19.3 Å². The molecule has 8 nitrogen and oxygen atoms in total. The van der Waals surface area contributed by atoms with Gasteiger partial charge in [0.1, 0.15) is 12.1 Å². The third kappa shape index (κ3) is 3.14. The van der Waals surface area contributed by atoms with Crippen LogP contribution in [0.4, 0.5) is 4.79 Å². The first-order valence-electron chi connectivity index (χ1n) is 8.59. The van der Waals surface area contributed by atoms with Crippen LogP contribution in [0.2, 0.25) is 0 Å². The summed E-state index contributed by atoms with van der Waals surface area (Å²) >= 11 is 0. The molecule has 3 rings (SSSR count). The summed E-state index contributed by atoms with van der Waals surface area (Å²) in [5.41, 5.74) is 4.79. The molecule has 1 aromatic rings. The van der Waals surface area contributed by atoms with Gasteiger partial charge in [0.25, 0.3) is 5.91 Å². The number of hydrogen-bond donors (Lipinski definition) is 2. The number of benzene rings is 1. The Labute approximate surface area is 151 Å². The van der Waals surface area contributed by atoms with Crippen LogP contribution in [-0.4, -0.2) is 53.2 Å². The third-order valence-corrected chi connectivity index (χ3v) is 5.10. The van der Waals surface area contributed by atoms with Crippen LogP contribution in [0, 0.1) is 5.92 Å². The zero-order valence-corrected chi connectivity index (χ0v) is 14.6. The van der Waals surface area contributed by atoms with Gasteiger partial charge in [0.2, 0.25) is 11.8 Å². The second-order valence-corrected chi connectivity index (χ2v) is 6.89. The van der Waals surface area contributed by atoms with Crippen molar-refractivity contribution >= 4 is 23.8 Å². The van der Waals surface area contributed by atoms with Gasteiger partial charge in [0.15, 0.2) is 0 Å². The molecule has 0 aromatic heterocycles. The molecule has 2 atom stereocenters. The van der Waals surface area contributed by atoms with E-state index in [0.29, 0.717) is 24.9 Å². The van der Waals surface area contributed by atoms with E-state index in [1.165, 1.54) is 4.90 Å². The molecular formula is C18H22N4O4. The lowest BCUT2D eigenvalue weighted by molar-refractivity contribution is -0.140. The fourth-order valence-corrected chi connectivity index (χ4v) is 3.48. The van der Waals surface area contributed by atoms with E-state index in [2.05, 4.69) is 5.32 Å². The molecule has 5 amide bonds. The fourth-order valence-electron chi connectivity index (χ4n) is 3.48. The second kappa shape index (κ2) is 6.78. The number of nitrogens with zero attached hydrogens (tertiary/aromatic N) is 2. The highest BCUT2D eigenvalue weighted by Gasteiger charge is 2.49. The van der Waals surface area contributed by atoms with Crippen molar-refractivity contribution in [2.24, 2.45) is 11.7 Å². The number of hydrogen-bond acceptors (Lipinski definition) is 4. The number of imide groups is 1. The first-order valence-corrected chi connectivity index (χ1v) is 8.59. The average molecular weight is 358 g/mol. The Hall–Kier alpha value is -2.90. The smallest absolute Gasteiger partial charge is 0.325 e. The minimum absolute atomic E-state index is 0.230. The molecule has 1 aromatic carbocycles. The van der Waals surface area contributed by atoms with Gasteiger partial charge in [-0.1, -0.05) is 30.3 Å². The monoisotopic (exact) mass is 358 g/mol. The SMILES string of the molecule is C[C@@]1(c2ccccc2)NC(=O)N(CC(=O)N2CCC[C@@H](C(N)=O)C2)C1=O. The van der Waals surface area contributed by atoms with E-state index >= 15 is 0 Å². The highest BCUT2D eigenvalue weighted by molar-refractivity contribution is 6.09. The summed E-state index contributed by atoms with van der Waals surface area (Å²) in [6.45, 7) is 1.99. The summed E-state index contributed by atoms with van der Waals surface area (Å²) in [4.78, 5) is 51.5. The van der Waals surface area contributed by atoms with Gasteiger partial charge in [0.05, 0.1) is 5.92 Å². The van der Waals surface area contributed by atoms with E-state index in [0.717, 1.165) is 4.90 Å². The van der Waals surface area contributed by atoms with Crippen LogP contribution >= 0.6 is 0 Å². The Balaban J connectivity index is 1.72. The van der Waals surface area contributed by atoms with Crippen molar-refractivity contribution in [2.45, 2.75) is 25.3 Å². The molecule has 26 heavy (non-hydrogen) atoms. The van der Waals surface area contributed by atoms with E-state index in [1.807, 2.05) is 6.07 Å². The van der Waals surface area contributed by atoms with Crippen molar-refractivity contribution < 1.29 is 19.2 Å². The van der Waals surface area contributed by atoms with Gasteiger partial charge in [-0.2, -0.15) is 0 Å². The fraction of sp³-hybridized carbons (Fsp3) is 0.444. The summed E-state index contributed by atoms with van der Waals surface area (Å²) in [6.07, 6.45) is 1.32. The standard InChI is InChI=1S/C18H22N4O4/c1-18(13-7-3-2-4-8-13)16(25)22(17(26)20-18)11-14(23)21-9-5-6-12(10-21)15(19)24/h2-4,7-8,12H,5-6,9-11H2,1H3,(H2,19,24)(H,20,26)/t12-,18+/m1/s1. The molecule has 0 bridgehead atoms. The molecule has 3 N–H and O–H groups in total. The molecule has 0 spiro atoms. The Morgan fingerprint density at radius 2 is 1.96 bits per heavy atom. The zero-order valence-electron chi connectivity index (χ0n) is 14.6. The molecule has 2 aliphatic rings. The van der Waals surface area contributed by atoms with E-state index in [1.54, 1.807) is 31.2 Å². The Morgan fingerprint density at radius 1 is 1.27 bits per heavy atom. The normalized spacial score (nSPS) is 26.0. The topological polar surface area (TPSA) is 113 Å². The molecule has 2 fully saturated rings. The lowest BCUT2D eigenvalue weighted by Crippen LogP contribution is -2.49. The van der Waals surface area contributed by atoms with Crippen molar-refractivity contribution in [3.8, 4) is 0 Å². The van der Waals surface area contributed by atoms with Crippen molar-refractivity contribution in [2.75, 3.05) is 19.6 Å². The van der Waals surface area contributed by atoms with Crippen molar-refractivity contribution in [3.05, 3.63) is 35.9 Å². The van der Waals surface area contributed by atoms with Crippen molar-refractivity contribution in [1.82, 2.24) is 15.1 Å². The van der Waals surface area contributed by atoms with Crippen molar-refractivity contribution in [3.63, 3.8) is 0 Å². The molecule has 0 saturated carbocycles. The molecule has 0 unspecified atom stereocenters. The van der Waals surface area contributed by atoms with E-state index in [9.17, 15) is 19.2 Å². The minimum atomic E-state index is -1.20. The predicted molar refractivity (Wildman–Crippen MR) is 92.5 cm³/mol. The second-order valence-electron chi connectivity index (χ2n) is 6.89. The van der Waals surface area contributed by atoms with Gasteiger partial charge in [-0.15, -0.1) is 0 Å². The number of rotatable bonds is 4. The predicted octanol–water partition coefficient (Wildman–Crippen LogP) is 0.178. The number of piperidine rings is 1. The highest BCUT2D eigenvalue weighted by Crippen LogP contribution is 2.28. The number of urea groups is 1. The molecule has 0 aliphatic carbocycles. The Kier molecular flexibility index (Phi) is 4.67. The first-order chi connectivity index (χ1) is 12.3. The summed E-state index contributed by atoms with van der Waals surface area (Å²) in [6, 6.07) is 8.30. The molecule has 2 aliphatic heterocycles. The third-order valence-electron chi connectivity index (χ3n) is 5.10. The largest absolute Gasteiger partial charge is 0.369 e. The van der Waals surface area contributed by atoms with Gasteiger partial charge in [-0.25, -0.2) is 4.79 Å².